The summed E-state index contributed by atoms with van der Waals surface area (Å²) in [6, 6.07) is 11.3. The molecule has 120 valence electrons. The van der Waals surface area contributed by atoms with Crippen molar-refractivity contribution in [1.29, 1.82) is 0 Å². The zero-order valence-corrected chi connectivity index (χ0v) is 13.7. The third-order valence-electron chi connectivity index (χ3n) is 3.86. The minimum absolute atomic E-state index is 0.155. The summed E-state index contributed by atoms with van der Waals surface area (Å²) in [7, 11) is 0. The molecule has 1 unspecified atom stereocenters. The van der Waals surface area contributed by atoms with Crippen molar-refractivity contribution in [3.63, 3.8) is 0 Å². The number of benzene rings is 2. The molecule has 1 N–H and O–H groups in total. The van der Waals surface area contributed by atoms with Crippen molar-refractivity contribution in [3.8, 4) is 11.5 Å². The summed E-state index contributed by atoms with van der Waals surface area (Å²) in [6.07, 6.45) is 1.02. The van der Waals surface area contributed by atoms with Crippen molar-refractivity contribution in [2.75, 3.05) is 11.9 Å². The first kappa shape index (κ1) is 15.4. The second kappa shape index (κ2) is 6.32. The van der Waals surface area contributed by atoms with E-state index >= 15 is 0 Å². The zero-order valence-electron chi connectivity index (χ0n) is 13.7. The second-order valence-electron chi connectivity index (χ2n) is 5.84. The van der Waals surface area contributed by atoms with Gasteiger partial charge in [-0.05, 0) is 39.0 Å². The predicted octanol–water partition coefficient (Wildman–Crippen LogP) is 3.97. The van der Waals surface area contributed by atoms with Crippen LogP contribution in [0.1, 0.15) is 35.3 Å². The molecule has 0 bridgehead atoms. The Hall–Kier alpha value is -2.49. The normalized spacial score (nSPS) is 15.7. The summed E-state index contributed by atoms with van der Waals surface area (Å²) in [4.78, 5) is 12.4. The molecule has 23 heavy (non-hydrogen) atoms. The number of aryl methyl sites for hydroxylation is 1. The van der Waals surface area contributed by atoms with Crippen molar-refractivity contribution >= 4 is 11.6 Å². The SMILES string of the molecule is CCOc1cc2c(cc1NC(=O)c1ccc(C)cc1)OC(C)C2. The van der Waals surface area contributed by atoms with Gasteiger partial charge >= 0.3 is 0 Å². The molecule has 0 radical (unpaired) electrons. The molecule has 2 aromatic carbocycles. The molecule has 0 saturated heterocycles. The molecule has 0 spiro atoms. The summed E-state index contributed by atoms with van der Waals surface area (Å²) < 4.78 is 11.5. The van der Waals surface area contributed by atoms with E-state index in [1.807, 2.05) is 57.2 Å². The van der Waals surface area contributed by atoms with E-state index in [2.05, 4.69) is 5.32 Å². The molecule has 0 saturated carbocycles. The van der Waals surface area contributed by atoms with Gasteiger partial charge in [0.2, 0.25) is 0 Å². The summed E-state index contributed by atoms with van der Waals surface area (Å²) in [5, 5.41) is 2.93. The van der Waals surface area contributed by atoms with Crippen LogP contribution in [-0.2, 0) is 6.42 Å². The summed E-state index contributed by atoms with van der Waals surface area (Å²) >= 11 is 0. The molecule has 1 aliphatic rings. The number of hydrogen-bond donors (Lipinski definition) is 1. The number of hydrogen-bond acceptors (Lipinski definition) is 3. The smallest absolute Gasteiger partial charge is 0.255 e. The highest BCUT2D eigenvalue weighted by molar-refractivity contribution is 6.05. The minimum atomic E-state index is -0.156. The van der Waals surface area contributed by atoms with E-state index in [0.29, 0.717) is 23.6 Å². The molecule has 0 aromatic heterocycles. The van der Waals surface area contributed by atoms with Gasteiger partial charge in [-0.15, -0.1) is 0 Å². The molecule has 0 fully saturated rings. The molecule has 1 heterocycles. The fourth-order valence-electron chi connectivity index (χ4n) is 2.71. The number of rotatable bonds is 4. The number of carbonyl (C=O) groups is 1. The van der Waals surface area contributed by atoms with Gasteiger partial charge in [0, 0.05) is 23.6 Å². The zero-order chi connectivity index (χ0) is 16.4. The number of amides is 1. The van der Waals surface area contributed by atoms with Crippen LogP contribution in [0.3, 0.4) is 0 Å². The highest BCUT2D eigenvalue weighted by Crippen LogP contribution is 2.38. The van der Waals surface area contributed by atoms with Gasteiger partial charge < -0.3 is 14.8 Å². The van der Waals surface area contributed by atoms with Crippen LogP contribution in [0, 0.1) is 6.92 Å². The Morgan fingerprint density at radius 2 is 2.04 bits per heavy atom. The highest BCUT2D eigenvalue weighted by Gasteiger charge is 2.22. The van der Waals surface area contributed by atoms with E-state index in [-0.39, 0.29) is 12.0 Å². The molecular formula is C19H21NO3. The van der Waals surface area contributed by atoms with E-state index < -0.39 is 0 Å². The van der Waals surface area contributed by atoms with Gasteiger partial charge in [-0.2, -0.15) is 0 Å². The molecule has 2 aromatic rings. The minimum Gasteiger partial charge on any atom is -0.492 e. The van der Waals surface area contributed by atoms with Crippen molar-refractivity contribution in [3.05, 3.63) is 53.1 Å². The maximum atomic E-state index is 12.4. The van der Waals surface area contributed by atoms with Gasteiger partial charge in [0.1, 0.15) is 17.6 Å². The molecule has 0 aliphatic carbocycles. The topological polar surface area (TPSA) is 47.6 Å². The Morgan fingerprint density at radius 3 is 2.74 bits per heavy atom. The van der Waals surface area contributed by atoms with Crippen LogP contribution in [-0.4, -0.2) is 18.6 Å². The Kier molecular flexibility index (Phi) is 4.24. The molecule has 4 nitrogen and oxygen atoms in total. The van der Waals surface area contributed by atoms with Crippen LogP contribution < -0.4 is 14.8 Å². The number of anilines is 1. The molecule has 1 aliphatic heterocycles. The monoisotopic (exact) mass is 311 g/mol. The lowest BCUT2D eigenvalue weighted by atomic mass is 10.1. The first-order chi connectivity index (χ1) is 11.1. The van der Waals surface area contributed by atoms with E-state index in [9.17, 15) is 4.79 Å². The Bertz CT molecular complexity index is 722. The average Bonchev–Trinajstić information content (AvgIpc) is 2.87. The molecule has 4 heteroatoms. The maximum Gasteiger partial charge on any atom is 0.255 e. The first-order valence-electron chi connectivity index (χ1n) is 7.91. The molecule has 3 rings (SSSR count). The van der Waals surface area contributed by atoms with Gasteiger partial charge in [-0.1, -0.05) is 17.7 Å². The maximum absolute atomic E-state index is 12.4. The van der Waals surface area contributed by atoms with Crippen molar-refractivity contribution in [1.82, 2.24) is 0 Å². The third kappa shape index (κ3) is 3.31. The van der Waals surface area contributed by atoms with Gasteiger partial charge in [0.05, 0.1) is 12.3 Å². The fourth-order valence-corrected chi connectivity index (χ4v) is 2.71. The van der Waals surface area contributed by atoms with Gasteiger partial charge in [0.25, 0.3) is 5.91 Å². The van der Waals surface area contributed by atoms with Gasteiger partial charge in [0.15, 0.2) is 0 Å². The largest absolute Gasteiger partial charge is 0.492 e. The third-order valence-corrected chi connectivity index (χ3v) is 3.86. The quantitative estimate of drug-likeness (QED) is 0.929. The van der Waals surface area contributed by atoms with E-state index in [1.54, 1.807) is 0 Å². The van der Waals surface area contributed by atoms with Crippen molar-refractivity contribution in [2.24, 2.45) is 0 Å². The lowest BCUT2D eigenvalue weighted by molar-refractivity contribution is 0.102. The average molecular weight is 311 g/mol. The summed E-state index contributed by atoms with van der Waals surface area (Å²) in [5.41, 5.74) is 3.50. The molecule has 1 amide bonds. The summed E-state index contributed by atoms with van der Waals surface area (Å²) in [5.74, 6) is 1.35. The van der Waals surface area contributed by atoms with Crippen LogP contribution >= 0.6 is 0 Å². The van der Waals surface area contributed by atoms with Gasteiger partial charge in [-0.25, -0.2) is 0 Å². The van der Waals surface area contributed by atoms with Gasteiger partial charge in [-0.3, -0.25) is 4.79 Å². The first-order valence-corrected chi connectivity index (χ1v) is 7.91. The summed E-state index contributed by atoms with van der Waals surface area (Å²) in [6.45, 7) is 6.50. The predicted molar refractivity (Wildman–Crippen MR) is 90.5 cm³/mol. The Balaban J connectivity index is 1.88. The molecule has 1 atom stereocenters. The number of carbonyl (C=O) groups excluding carboxylic acids is 1. The highest BCUT2D eigenvalue weighted by atomic mass is 16.5. The Morgan fingerprint density at radius 1 is 1.30 bits per heavy atom. The van der Waals surface area contributed by atoms with Crippen LogP contribution in [0.4, 0.5) is 5.69 Å². The van der Waals surface area contributed by atoms with E-state index in [1.165, 1.54) is 0 Å². The Labute approximate surface area is 136 Å². The second-order valence-corrected chi connectivity index (χ2v) is 5.84. The van der Waals surface area contributed by atoms with E-state index in [4.69, 9.17) is 9.47 Å². The van der Waals surface area contributed by atoms with E-state index in [0.717, 1.165) is 23.3 Å². The van der Waals surface area contributed by atoms with Crippen molar-refractivity contribution in [2.45, 2.75) is 33.3 Å². The van der Waals surface area contributed by atoms with Crippen LogP contribution in [0.25, 0.3) is 0 Å². The lowest BCUT2D eigenvalue weighted by Gasteiger charge is -2.13. The number of fused-ring (bicyclic) bond motifs is 1. The van der Waals surface area contributed by atoms with Crippen LogP contribution in [0.15, 0.2) is 36.4 Å². The number of nitrogens with one attached hydrogen (secondary N) is 1. The standard InChI is InChI=1S/C19H21NO3/c1-4-22-18-10-15-9-13(3)23-17(15)11-16(18)20-19(21)14-7-5-12(2)6-8-14/h5-8,10-11,13H,4,9H2,1-3H3,(H,20,21). The van der Waals surface area contributed by atoms with Crippen molar-refractivity contribution < 1.29 is 14.3 Å². The fraction of sp³-hybridized carbons (Fsp3) is 0.316. The lowest BCUT2D eigenvalue weighted by Crippen LogP contribution is -2.13. The number of ether oxygens (including phenoxy) is 2. The molecular weight excluding hydrogens is 290 g/mol. The van der Waals surface area contributed by atoms with Crippen LogP contribution in [0.5, 0.6) is 11.5 Å². The van der Waals surface area contributed by atoms with Crippen LogP contribution in [0.2, 0.25) is 0 Å².